The highest BCUT2D eigenvalue weighted by atomic mass is 16.3. The van der Waals surface area contributed by atoms with Crippen LogP contribution in [0.4, 0.5) is 0 Å². The van der Waals surface area contributed by atoms with Gasteiger partial charge in [0, 0.05) is 18.3 Å². The predicted molar refractivity (Wildman–Crippen MR) is 66.7 cm³/mol. The van der Waals surface area contributed by atoms with Gasteiger partial charge >= 0.3 is 0 Å². The van der Waals surface area contributed by atoms with Gasteiger partial charge in [-0.2, -0.15) is 0 Å². The predicted octanol–water partition coefficient (Wildman–Crippen LogP) is 0.159. The van der Waals surface area contributed by atoms with Crippen LogP contribution >= 0.6 is 0 Å². The van der Waals surface area contributed by atoms with Gasteiger partial charge in [-0.05, 0) is 30.3 Å². The number of fused-ring (bicyclic) bond motifs is 1. The summed E-state index contributed by atoms with van der Waals surface area (Å²) >= 11 is 0. The van der Waals surface area contributed by atoms with Crippen molar-refractivity contribution in [2.75, 3.05) is 6.54 Å². The van der Waals surface area contributed by atoms with E-state index in [0.717, 1.165) is 5.56 Å². The Morgan fingerprint density at radius 3 is 3.06 bits per heavy atom. The summed E-state index contributed by atoms with van der Waals surface area (Å²) in [4.78, 5) is 0. The molecule has 2 N–H and O–H groups in total. The van der Waals surface area contributed by atoms with Gasteiger partial charge in [0.05, 0.1) is 11.6 Å². The average Bonchev–Trinajstić information content (AvgIpc) is 2.83. The number of nitrogens with zero attached hydrogens (tertiary/aromatic N) is 4. The number of hydrogen-bond acceptors (Lipinski definition) is 5. The molecule has 6 nitrogen and oxygen atoms in total. The first-order valence-electron chi connectivity index (χ1n) is 5.60. The minimum absolute atomic E-state index is 0.366. The lowest BCUT2D eigenvalue weighted by atomic mass is 10.1. The molecule has 0 unspecified atom stereocenters. The first-order chi connectivity index (χ1) is 8.52. The zero-order chi connectivity index (χ0) is 13.2. The second-order valence-corrected chi connectivity index (χ2v) is 4.61. The van der Waals surface area contributed by atoms with E-state index in [0.29, 0.717) is 12.2 Å². The SMILES string of the molecule is C#CC(C)(C)NC[C@H](O)c1ccc2nnnn2c1. The van der Waals surface area contributed by atoms with E-state index in [1.807, 2.05) is 13.8 Å². The number of terminal acetylenes is 1. The molecule has 0 spiro atoms. The fourth-order valence-electron chi connectivity index (χ4n) is 1.48. The Balaban J connectivity index is 2.09. The minimum Gasteiger partial charge on any atom is -0.387 e. The molecular weight excluding hydrogens is 230 g/mol. The van der Waals surface area contributed by atoms with E-state index in [1.54, 1.807) is 18.3 Å². The first-order valence-corrected chi connectivity index (χ1v) is 5.60. The van der Waals surface area contributed by atoms with Crippen LogP contribution in [0.1, 0.15) is 25.5 Å². The third kappa shape index (κ3) is 2.64. The first kappa shape index (κ1) is 12.5. The Labute approximate surface area is 105 Å². The molecule has 0 saturated carbocycles. The summed E-state index contributed by atoms with van der Waals surface area (Å²) in [6, 6.07) is 3.55. The molecule has 1 atom stereocenters. The number of β-amino-alcohol motifs (C(OH)–C–C–N with tert-alkyl or cyclic N) is 1. The van der Waals surface area contributed by atoms with Crippen LogP contribution < -0.4 is 5.32 Å². The lowest BCUT2D eigenvalue weighted by Crippen LogP contribution is -2.40. The van der Waals surface area contributed by atoms with E-state index in [1.165, 1.54) is 4.52 Å². The van der Waals surface area contributed by atoms with Crippen molar-refractivity contribution in [1.29, 1.82) is 0 Å². The van der Waals surface area contributed by atoms with Crippen molar-refractivity contribution in [3.05, 3.63) is 23.9 Å². The van der Waals surface area contributed by atoms with Gasteiger partial charge in [0.2, 0.25) is 0 Å². The molecule has 0 bridgehead atoms. The number of tetrazole rings is 1. The summed E-state index contributed by atoms with van der Waals surface area (Å²) in [5, 5.41) is 24.3. The van der Waals surface area contributed by atoms with E-state index >= 15 is 0 Å². The number of hydrogen-bond donors (Lipinski definition) is 2. The summed E-state index contributed by atoms with van der Waals surface area (Å²) in [5.41, 5.74) is 0.929. The lowest BCUT2D eigenvalue weighted by molar-refractivity contribution is 0.166. The molecule has 0 aliphatic carbocycles. The van der Waals surface area contributed by atoms with Gasteiger partial charge in [-0.3, -0.25) is 5.32 Å². The van der Waals surface area contributed by atoms with Crippen molar-refractivity contribution >= 4 is 5.65 Å². The third-order valence-electron chi connectivity index (χ3n) is 2.70. The van der Waals surface area contributed by atoms with E-state index in [-0.39, 0.29) is 0 Å². The van der Waals surface area contributed by atoms with Gasteiger partial charge in [0.25, 0.3) is 0 Å². The van der Waals surface area contributed by atoms with Crippen LogP contribution in [-0.2, 0) is 0 Å². The number of aliphatic hydroxyl groups excluding tert-OH is 1. The largest absolute Gasteiger partial charge is 0.387 e. The summed E-state index contributed by atoms with van der Waals surface area (Å²) in [6.45, 7) is 4.12. The fourth-order valence-corrected chi connectivity index (χ4v) is 1.48. The maximum Gasteiger partial charge on any atom is 0.179 e. The van der Waals surface area contributed by atoms with Gasteiger partial charge in [0.1, 0.15) is 0 Å². The van der Waals surface area contributed by atoms with Crippen LogP contribution in [-0.4, -0.2) is 37.2 Å². The Kier molecular flexibility index (Phi) is 3.28. The standard InChI is InChI=1S/C12H15N5O/c1-4-12(2,3)13-7-10(18)9-5-6-11-14-15-16-17(11)8-9/h1,5-6,8,10,13,18H,7H2,2-3H3/t10-/m0/s1. The van der Waals surface area contributed by atoms with Gasteiger partial charge in [-0.25, -0.2) is 4.52 Å². The second kappa shape index (κ2) is 4.72. The smallest absolute Gasteiger partial charge is 0.179 e. The Hall–Kier alpha value is -1.97. The molecule has 0 aromatic carbocycles. The molecule has 0 amide bonds. The van der Waals surface area contributed by atoms with Crippen molar-refractivity contribution < 1.29 is 5.11 Å². The van der Waals surface area contributed by atoms with Crippen molar-refractivity contribution in [1.82, 2.24) is 25.4 Å². The maximum absolute atomic E-state index is 10.1. The molecule has 6 heteroatoms. The van der Waals surface area contributed by atoms with Crippen molar-refractivity contribution in [3.8, 4) is 12.3 Å². The van der Waals surface area contributed by atoms with Gasteiger partial charge < -0.3 is 5.11 Å². The molecule has 2 heterocycles. The van der Waals surface area contributed by atoms with Gasteiger partial charge in [0.15, 0.2) is 5.65 Å². The number of pyridine rings is 1. The molecule has 2 aromatic rings. The van der Waals surface area contributed by atoms with Crippen LogP contribution in [0, 0.1) is 12.3 Å². The zero-order valence-electron chi connectivity index (χ0n) is 10.3. The normalized spacial score (nSPS) is 13.4. The molecular formula is C12H15N5O. The molecule has 0 saturated heterocycles. The molecule has 2 rings (SSSR count). The Morgan fingerprint density at radius 2 is 2.33 bits per heavy atom. The highest BCUT2D eigenvalue weighted by Crippen LogP contribution is 2.13. The van der Waals surface area contributed by atoms with E-state index < -0.39 is 11.6 Å². The highest BCUT2D eigenvalue weighted by molar-refractivity contribution is 5.36. The van der Waals surface area contributed by atoms with Crippen LogP contribution in [0.3, 0.4) is 0 Å². The molecule has 0 radical (unpaired) electrons. The minimum atomic E-state index is -0.661. The number of aliphatic hydroxyl groups is 1. The van der Waals surface area contributed by atoms with Crippen LogP contribution in [0.25, 0.3) is 5.65 Å². The topological polar surface area (TPSA) is 75.3 Å². The quantitative estimate of drug-likeness (QED) is 0.750. The Morgan fingerprint density at radius 1 is 1.56 bits per heavy atom. The molecule has 2 aromatic heterocycles. The molecule has 0 aliphatic rings. The molecule has 0 aliphatic heterocycles. The second-order valence-electron chi connectivity index (χ2n) is 4.61. The van der Waals surface area contributed by atoms with Crippen molar-refractivity contribution in [2.24, 2.45) is 0 Å². The lowest BCUT2D eigenvalue weighted by Gasteiger charge is -2.22. The van der Waals surface area contributed by atoms with Gasteiger partial charge in [-0.15, -0.1) is 11.5 Å². The number of rotatable bonds is 4. The summed E-state index contributed by atoms with van der Waals surface area (Å²) in [6.07, 6.45) is 6.40. The summed E-state index contributed by atoms with van der Waals surface area (Å²) < 4.78 is 1.52. The van der Waals surface area contributed by atoms with E-state index in [4.69, 9.17) is 6.42 Å². The molecule has 94 valence electrons. The highest BCUT2D eigenvalue weighted by Gasteiger charge is 2.16. The summed E-state index contributed by atoms with van der Waals surface area (Å²) in [5.74, 6) is 2.61. The van der Waals surface area contributed by atoms with Crippen LogP contribution in [0.15, 0.2) is 18.3 Å². The Bertz CT molecular complexity index is 583. The third-order valence-corrected chi connectivity index (χ3v) is 2.70. The number of nitrogens with one attached hydrogen (secondary N) is 1. The monoisotopic (exact) mass is 245 g/mol. The summed E-state index contributed by atoms with van der Waals surface area (Å²) in [7, 11) is 0. The maximum atomic E-state index is 10.1. The van der Waals surface area contributed by atoms with E-state index in [9.17, 15) is 5.11 Å². The van der Waals surface area contributed by atoms with E-state index in [2.05, 4.69) is 26.8 Å². The fraction of sp³-hybridized carbons (Fsp3) is 0.417. The van der Waals surface area contributed by atoms with Crippen LogP contribution in [0.2, 0.25) is 0 Å². The van der Waals surface area contributed by atoms with Gasteiger partial charge in [-0.1, -0.05) is 12.0 Å². The van der Waals surface area contributed by atoms with Crippen molar-refractivity contribution in [2.45, 2.75) is 25.5 Å². The molecule has 18 heavy (non-hydrogen) atoms. The average molecular weight is 245 g/mol. The molecule has 0 fully saturated rings. The van der Waals surface area contributed by atoms with Crippen molar-refractivity contribution in [3.63, 3.8) is 0 Å². The zero-order valence-corrected chi connectivity index (χ0v) is 10.3. The van der Waals surface area contributed by atoms with Crippen LogP contribution in [0.5, 0.6) is 0 Å². The number of aromatic nitrogens is 4.